The number of ether oxygens (including phenoxy) is 1. The van der Waals surface area contributed by atoms with Gasteiger partial charge in [-0.05, 0) is 63.0 Å². The van der Waals surface area contributed by atoms with Crippen LogP contribution in [0.15, 0.2) is 55.4 Å². The zero-order chi connectivity index (χ0) is 22.5. The molecule has 5 rings (SSSR count). The van der Waals surface area contributed by atoms with Gasteiger partial charge in [-0.25, -0.2) is 9.97 Å². The largest absolute Gasteiger partial charge is 0.492 e. The molecule has 2 aliphatic rings. The molecule has 4 heterocycles. The lowest BCUT2D eigenvalue weighted by Crippen LogP contribution is -2.33. The fourth-order valence-corrected chi connectivity index (χ4v) is 4.70. The van der Waals surface area contributed by atoms with E-state index in [1.54, 1.807) is 24.9 Å². The lowest BCUT2D eigenvalue weighted by Gasteiger charge is -2.26. The van der Waals surface area contributed by atoms with Crippen molar-refractivity contribution in [3.8, 4) is 11.6 Å². The molecule has 0 radical (unpaired) electrons. The van der Waals surface area contributed by atoms with Crippen molar-refractivity contribution in [2.45, 2.75) is 38.1 Å². The first-order valence-corrected chi connectivity index (χ1v) is 11.8. The molecule has 8 nitrogen and oxygen atoms in total. The maximum Gasteiger partial charge on any atom is 0.254 e. The second kappa shape index (κ2) is 10.1. The van der Waals surface area contributed by atoms with Crippen molar-refractivity contribution in [2.24, 2.45) is 0 Å². The number of carbonyl (C=O) groups excluding carboxylic acids is 1. The van der Waals surface area contributed by atoms with E-state index in [4.69, 9.17) is 9.72 Å². The van der Waals surface area contributed by atoms with Gasteiger partial charge in [0.1, 0.15) is 18.7 Å². The van der Waals surface area contributed by atoms with Crippen LogP contribution in [0.5, 0.6) is 5.75 Å². The van der Waals surface area contributed by atoms with E-state index in [1.807, 2.05) is 39.9 Å². The number of imidazole rings is 1. The van der Waals surface area contributed by atoms with Crippen LogP contribution < -0.4 is 4.74 Å². The molecule has 1 atom stereocenters. The molecule has 0 spiro atoms. The smallest absolute Gasteiger partial charge is 0.254 e. The van der Waals surface area contributed by atoms with Gasteiger partial charge in [0.15, 0.2) is 5.82 Å². The van der Waals surface area contributed by atoms with Crippen LogP contribution >= 0.6 is 0 Å². The Morgan fingerprint density at radius 3 is 2.64 bits per heavy atom. The third kappa shape index (κ3) is 5.06. The molecule has 0 saturated carbocycles. The van der Waals surface area contributed by atoms with E-state index < -0.39 is 0 Å². The number of hydrogen-bond acceptors (Lipinski definition) is 6. The summed E-state index contributed by atoms with van der Waals surface area (Å²) in [6.07, 6.45) is 14.4. The Bertz CT molecular complexity index is 1050. The van der Waals surface area contributed by atoms with Gasteiger partial charge in [0.25, 0.3) is 5.91 Å². The van der Waals surface area contributed by atoms with Gasteiger partial charge in [0.05, 0.1) is 24.1 Å². The molecule has 2 aliphatic heterocycles. The number of piperidine rings is 1. The van der Waals surface area contributed by atoms with E-state index in [0.717, 1.165) is 30.8 Å². The molecule has 0 N–H and O–H groups in total. The molecule has 8 heteroatoms. The third-order valence-electron chi connectivity index (χ3n) is 6.49. The van der Waals surface area contributed by atoms with E-state index >= 15 is 0 Å². The molecular formula is C25H30N6O2. The highest BCUT2D eigenvalue weighted by molar-refractivity contribution is 5.94. The molecular weight excluding hydrogens is 416 g/mol. The molecule has 1 aromatic carbocycles. The second-order valence-electron chi connectivity index (χ2n) is 8.70. The average Bonchev–Trinajstić information content (AvgIpc) is 3.58. The van der Waals surface area contributed by atoms with Gasteiger partial charge in [-0.2, -0.15) is 0 Å². The summed E-state index contributed by atoms with van der Waals surface area (Å²) in [7, 11) is 0. The number of nitrogens with zero attached hydrogens (tertiary/aromatic N) is 6. The summed E-state index contributed by atoms with van der Waals surface area (Å²) in [6.45, 7) is 4.68. The van der Waals surface area contributed by atoms with Crippen LogP contribution in [0, 0.1) is 0 Å². The summed E-state index contributed by atoms with van der Waals surface area (Å²) in [6, 6.07) is 7.44. The van der Waals surface area contributed by atoms with Gasteiger partial charge in [0, 0.05) is 31.0 Å². The predicted molar refractivity (Wildman–Crippen MR) is 124 cm³/mol. The minimum atomic E-state index is -0.0751. The summed E-state index contributed by atoms with van der Waals surface area (Å²) in [5.74, 6) is 1.53. The van der Waals surface area contributed by atoms with E-state index in [2.05, 4.69) is 14.9 Å². The summed E-state index contributed by atoms with van der Waals surface area (Å²) < 4.78 is 7.74. The lowest BCUT2D eigenvalue weighted by molar-refractivity contribution is 0.0732. The molecule has 172 valence electrons. The fraction of sp³-hybridized carbons (Fsp3) is 0.440. The SMILES string of the molecule is O=C(c1ccc(OCCN2CCCCC2)cc1)N1CCC[C@H]1c1cncc(-n2ccnc2)n1. The zero-order valence-corrected chi connectivity index (χ0v) is 18.8. The first-order chi connectivity index (χ1) is 16.3. The van der Waals surface area contributed by atoms with Gasteiger partial charge in [0.2, 0.25) is 0 Å². The molecule has 3 aromatic rings. The standard InChI is InChI=1S/C25H30N6O2/c32-25(20-6-8-21(9-7-20)33-16-15-29-11-2-1-3-12-29)31-13-4-5-23(31)22-17-27-18-24(28-22)30-14-10-26-19-30/h6-10,14,17-19,23H,1-5,11-13,15-16H2/t23-/m0/s1. The summed E-state index contributed by atoms with van der Waals surface area (Å²) in [5.41, 5.74) is 1.48. The van der Waals surface area contributed by atoms with Crippen LogP contribution in [-0.4, -0.2) is 68.0 Å². The van der Waals surface area contributed by atoms with Crippen LogP contribution in [-0.2, 0) is 0 Å². The maximum atomic E-state index is 13.3. The third-order valence-corrected chi connectivity index (χ3v) is 6.49. The molecule has 0 bridgehead atoms. The first kappa shape index (κ1) is 21.6. The molecule has 2 aromatic heterocycles. The highest BCUT2D eigenvalue weighted by Gasteiger charge is 2.32. The number of amides is 1. The second-order valence-corrected chi connectivity index (χ2v) is 8.70. The Labute approximate surface area is 194 Å². The van der Waals surface area contributed by atoms with Crippen molar-refractivity contribution >= 4 is 5.91 Å². The topological polar surface area (TPSA) is 76.4 Å². The van der Waals surface area contributed by atoms with E-state index in [9.17, 15) is 4.79 Å². The molecule has 2 fully saturated rings. The highest BCUT2D eigenvalue weighted by Crippen LogP contribution is 2.32. The summed E-state index contributed by atoms with van der Waals surface area (Å²) in [5, 5.41) is 0. The number of rotatable bonds is 7. The number of aromatic nitrogens is 4. The number of likely N-dealkylation sites (tertiary alicyclic amines) is 2. The molecule has 0 unspecified atom stereocenters. The Morgan fingerprint density at radius 1 is 1.00 bits per heavy atom. The van der Waals surface area contributed by atoms with Crippen LogP contribution in [0.25, 0.3) is 5.82 Å². The van der Waals surface area contributed by atoms with Crippen LogP contribution in [0.4, 0.5) is 0 Å². The molecule has 2 saturated heterocycles. The summed E-state index contributed by atoms with van der Waals surface area (Å²) in [4.78, 5) is 30.8. The minimum absolute atomic E-state index is 0.0206. The zero-order valence-electron chi connectivity index (χ0n) is 18.8. The minimum Gasteiger partial charge on any atom is -0.492 e. The number of hydrogen-bond donors (Lipinski definition) is 0. The van der Waals surface area contributed by atoms with Gasteiger partial charge in [-0.1, -0.05) is 6.42 Å². The molecule has 1 amide bonds. The van der Waals surface area contributed by atoms with Crippen LogP contribution in [0.1, 0.15) is 54.2 Å². The number of benzene rings is 1. The Kier molecular flexibility index (Phi) is 6.62. The van der Waals surface area contributed by atoms with E-state index in [-0.39, 0.29) is 11.9 Å². The highest BCUT2D eigenvalue weighted by atomic mass is 16.5. The molecule has 0 aliphatic carbocycles. The van der Waals surface area contributed by atoms with Crippen molar-refractivity contribution < 1.29 is 9.53 Å². The molecule has 33 heavy (non-hydrogen) atoms. The van der Waals surface area contributed by atoms with Crippen molar-refractivity contribution in [1.82, 2.24) is 29.3 Å². The quantitative estimate of drug-likeness (QED) is 0.553. The lowest BCUT2D eigenvalue weighted by atomic mass is 10.1. The fourth-order valence-electron chi connectivity index (χ4n) is 4.70. The Balaban J connectivity index is 1.22. The average molecular weight is 447 g/mol. The van der Waals surface area contributed by atoms with E-state index in [1.165, 1.54) is 32.4 Å². The van der Waals surface area contributed by atoms with E-state index in [0.29, 0.717) is 24.5 Å². The van der Waals surface area contributed by atoms with Crippen molar-refractivity contribution in [3.63, 3.8) is 0 Å². The Morgan fingerprint density at radius 2 is 1.85 bits per heavy atom. The summed E-state index contributed by atoms with van der Waals surface area (Å²) >= 11 is 0. The Hall–Kier alpha value is -3.26. The van der Waals surface area contributed by atoms with Gasteiger partial charge in [-0.15, -0.1) is 0 Å². The maximum absolute atomic E-state index is 13.3. The van der Waals surface area contributed by atoms with Crippen LogP contribution in [0.2, 0.25) is 0 Å². The van der Waals surface area contributed by atoms with Crippen molar-refractivity contribution in [1.29, 1.82) is 0 Å². The normalized spacial score (nSPS) is 19.0. The number of carbonyl (C=O) groups is 1. The predicted octanol–water partition coefficient (Wildman–Crippen LogP) is 3.50. The van der Waals surface area contributed by atoms with Crippen molar-refractivity contribution in [2.75, 3.05) is 32.8 Å². The van der Waals surface area contributed by atoms with Gasteiger partial charge >= 0.3 is 0 Å². The first-order valence-electron chi connectivity index (χ1n) is 11.8. The van der Waals surface area contributed by atoms with Crippen LogP contribution in [0.3, 0.4) is 0 Å². The monoisotopic (exact) mass is 446 g/mol. The van der Waals surface area contributed by atoms with Crippen molar-refractivity contribution in [3.05, 3.63) is 66.6 Å². The van der Waals surface area contributed by atoms with Gasteiger partial charge < -0.3 is 9.64 Å². The van der Waals surface area contributed by atoms with Gasteiger partial charge in [-0.3, -0.25) is 19.2 Å².